The Morgan fingerprint density at radius 1 is 1.29 bits per heavy atom. The van der Waals surface area contributed by atoms with Crippen LogP contribution in [0.4, 0.5) is 0 Å². The molecule has 0 saturated carbocycles. The lowest BCUT2D eigenvalue weighted by atomic mass is 10.1. The van der Waals surface area contributed by atoms with Gasteiger partial charge in [0.2, 0.25) is 0 Å². The fourth-order valence-corrected chi connectivity index (χ4v) is 2.30. The molecule has 0 aliphatic rings. The van der Waals surface area contributed by atoms with Crippen LogP contribution in [-0.4, -0.2) is 16.6 Å². The van der Waals surface area contributed by atoms with Crippen LogP contribution in [0.25, 0.3) is 11.3 Å². The summed E-state index contributed by atoms with van der Waals surface area (Å²) in [4.78, 5) is 7.90. The molecule has 112 valence electrons. The van der Waals surface area contributed by atoms with Crippen LogP contribution in [0.2, 0.25) is 0 Å². The zero-order valence-corrected chi connectivity index (χ0v) is 13.9. The first-order valence-corrected chi connectivity index (χ1v) is 7.78. The van der Waals surface area contributed by atoms with Crippen LogP contribution < -0.4 is 4.74 Å². The summed E-state index contributed by atoms with van der Waals surface area (Å²) in [6.45, 7) is 9.02. The topological polar surface area (TPSA) is 37.9 Å². The van der Waals surface area contributed by atoms with E-state index in [1.54, 1.807) is 0 Å². The van der Waals surface area contributed by atoms with Crippen molar-refractivity contribution in [1.29, 1.82) is 0 Å². The predicted octanol–water partition coefficient (Wildman–Crippen LogP) is 5.03. The molecule has 0 atom stereocenters. The van der Waals surface area contributed by atoms with E-state index in [-0.39, 0.29) is 0 Å². The molecule has 1 aromatic carbocycles. The van der Waals surface area contributed by atoms with Gasteiger partial charge in [0.05, 0.1) is 12.3 Å². The second kappa shape index (κ2) is 6.85. The van der Waals surface area contributed by atoms with Crippen molar-refractivity contribution in [2.75, 3.05) is 6.61 Å². The van der Waals surface area contributed by atoms with Gasteiger partial charge in [-0.15, -0.1) is 0 Å². The van der Waals surface area contributed by atoms with Gasteiger partial charge in [0, 0.05) is 17.0 Å². The molecule has 0 radical (unpaired) electrons. The zero-order valence-electron chi connectivity index (χ0n) is 13.1. The van der Waals surface area contributed by atoms with Crippen LogP contribution in [0.5, 0.6) is 5.75 Å². The molecule has 0 fully saturated rings. The highest BCUT2D eigenvalue weighted by atomic mass is 32.1. The third-order valence-electron chi connectivity index (χ3n) is 3.34. The molecule has 2 rings (SSSR count). The molecule has 0 aliphatic heterocycles. The maximum absolute atomic E-state index is 5.86. The molecule has 1 heterocycles. The first-order valence-electron chi connectivity index (χ1n) is 7.37. The van der Waals surface area contributed by atoms with Crippen molar-refractivity contribution in [1.82, 2.24) is 9.97 Å². The molecular formula is C17H22N2OS. The summed E-state index contributed by atoms with van der Waals surface area (Å²) in [7, 11) is 0. The van der Waals surface area contributed by atoms with E-state index in [1.807, 2.05) is 25.1 Å². The lowest BCUT2D eigenvalue weighted by molar-refractivity contribution is 0.318. The average molecular weight is 302 g/mol. The minimum Gasteiger partial charge on any atom is -0.493 e. The van der Waals surface area contributed by atoms with Gasteiger partial charge < -0.3 is 9.72 Å². The van der Waals surface area contributed by atoms with Crippen molar-refractivity contribution in [3.63, 3.8) is 0 Å². The highest BCUT2D eigenvalue weighted by molar-refractivity contribution is 7.71. The Bertz CT molecular complexity index is 677. The smallest absolute Gasteiger partial charge is 0.133 e. The average Bonchev–Trinajstić information content (AvgIpc) is 2.48. The lowest BCUT2D eigenvalue weighted by Crippen LogP contribution is -2.04. The minimum absolute atomic E-state index is 0.301. The highest BCUT2D eigenvalue weighted by Gasteiger charge is 2.13. The number of hydrogen-bond acceptors (Lipinski definition) is 3. The maximum atomic E-state index is 5.86. The van der Waals surface area contributed by atoms with Gasteiger partial charge in [0.15, 0.2) is 0 Å². The molecular weight excluding hydrogens is 280 g/mol. The summed E-state index contributed by atoms with van der Waals surface area (Å²) in [5.74, 6) is 2.09. The summed E-state index contributed by atoms with van der Waals surface area (Å²) >= 11 is 5.41. The van der Waals surface area contributed by atoms with E-state index in [0.717, 1.165) is 34.8 Å². The normalized spacial score (nSPS) is 10.9. The molecule has 4 heteroatoms. The third kappa shape index (κ3) is 3.50. The van der Waals surface area contributed by atoms with Gasteiger partial charge in [0.25, 0.3) is 0 Å². The van der Waals surface area contributed by atoms with E-state index in [1.165, 1.54) is 0 Å². The van der Waals surface area contributed by atoms with Gasteiger partial charge in [-0.25, -0.2) is 4.98 Å². The third-order valence-corrected chi connectivity index (χ3v) is 3.73. The molecule has 0 bridgehead atoms. The summed E-state index contributed by atoms with van der Waals surface area (Å²) in [5.41, 5.74) is 3.03. The van der Waals surface area contributed by atoms with E-state index in [2.05, 4.69) is 36.8 Å². The number of nitrogens with one attached hydrogen (secondary N) is 1. The van der Waals surface area contributed by atoms with Crippen molar-refractivity contribution < 1.29 is 4.74 Å². The Hall–Kier alpha value is -1.68. The Morgan fingerprint density at radius 2 is 2.00 bits per heavy atom. The Balaban J connectivity index is 2.58. The van der Waals surface area contributed by atoms with Crippen molar-refractivity contribution >= 4 is 12.2 Å². The van der Waals surface area contributed by atoms with Gasteiger partial charge in [-0.2, -0.15) is 0 Å². The molecule has 0 saturated heterocycles. The SMILES string of the molecule is CCCOc1ccccc1-c1[nH]c(C(C)C)nc(=S)c1C. The molecule has 0 aliphatic carbocycles. The van der Waals surface area contributed by atoms with Crippen LogP contribution >= 0.6 is 12.2 Å². The summed E-state index contributed by atoms with van der Waals surface area (Å²) in [5, 5.41) is 0. The van der Waals surface area contributed by atoms with Gasteiger partial charge in [0.1, 0.15) is 16.2 Å². The quantitative estimate of drug-likeness (QED) is 0.787. The van der Waals surface area contributed by atoms with Crippen molar-refractivity contribution in [3.05, 3.63) is 40.3 Å². The van der Waals surface area contributed by atoms with Gasteiger partial charge >= 0.3 is 0 Å². The minimum atomic E-state index is 0.301. The Labute approximate surface area is 131 Å². The number of rotatable bonds is 5. The Morgan fingerprint density at radius 3 is 2.67 bits per heavy atom. The van der Waals surface area contributed by atoms with Crippen molar-refractivity contribution in [3.8, 4) is 17.0 Å². The number of nitrogens with zero attached hydrogens (tertiary/aromatic N) is 1. The van der Waals surface area contributed by atoms with Crippen molar-refractivity contribution in [2.24, 2.45) is 0 Å². The molecule has 0 spiro atoms. The second-order valence-corrected chi connectivity index (χ2v) is 5.81. The monoisotopic (exact) mass is 302 g/mol. The second-order valence-electron chi connectivity index (χ2n) is 5.43. The zero-order chi connectivity index (χ0) is 15.4. The van der Waals surface area contributed by atoms with E-state index in [9.17, 15) is 0 Å². The van der Waals surface area contributed by atoms with Crippen LogP contribution in [-0.2, 0) is 0 Å². The fraction of sp³-hybridized carbons (Fsp3) is 0.412. The number of para-hydroxylation sites is 1. The standard InChI is InChI=1S/C17H22N2OS/c1-5-10-20-14-9-7-6-8-13(14)15-12(4)17(21)19-16(18-15)11(2)3/h6-9,11H,5,10H2,1-4H3,(H,18,19,21). The number of aromatic nitrogens is 2. The molecule has 1 aromatic heterocycles. The molecule has 1 N–H and O–H groups in total. The van der Waals surface area contributed by atoms with Crippen LogP contribution in [0.3, 0.4) is 0 Å². The highest BCUT2D eigenvalue weighted by Crippen LogP contribution is 2.31. The molecule has 0 unspecified atom stereocenters. The molecule has 21 heavy (non-hydrogen) atoms. The van der Waals surface area contributed by atoms with Crippen LogP contribution in [0.15, 0.2) is 24.3 Å². The number of H-pyrrole nitrogens is 1. The first kappa shape index (κ1) is 15.7. The summed E-state index contributed by atoms with van der Waals surface area (Å²) < 4.78 is 6.51. The predicted molar refractivity (Wildman–Crippen MR) is 89.5 cm³/mol. The van der Waals surface area contributed by atoms with E-state index in [4.69, 9.17) is 17.0 Å². The van der Waals surface area contributed by atoms with E-state index < -0.39 is 0 Å². The fourth-order valence-electron chi connectivity index (χ4n) is 2.10. The van der Waals surface area contributed by atoms with E-state index >= 15 is 0 Å². The van der Waals surface area contributed by atoms with Gasteiger partial charge in [-0.1, -0.05) is 45.1 Å². The molecule has 0 amide bonds. The summed E-state index contributed by atoms with van der Waals surface area (Å²) in [6, 6.07) is 8.06. The first-order chi connectivity index (χ1) is 10.0. The van der Waals surface area contributed by atoms with Crippen molar-refractivity contribution in [2.45, 2.75) is 40.0 Å². The molecule has 2 aromatic rings. The number of hydrogen-bond donors (Lipinski definition) is 1. The molecule has 3 nitrogen and oxygen atoms in total. The van der Waals surface area contributed by atoms with Crippen LogP contribution in [0, 0.1) is 11.6 Å². The Kier molecular flexibility index (Phi) is 5.12. The number of benzene rings is 1. The lowest BCUT2D eigenvalue weighted by Gasteiger charge is -2.15. The maximum Gasteiger partial charge on any atom is 0.133 e. The number of ether oxygens (including phenoxy) is 1. The largest absolute Gasteiger partial charge is 0.493 e. The van der Waals surface area contributed by atoms with Gasteiger partial charge in [-0.05, 0) is 25.5 Å². The van der Waals surface area contributed by atoms with E-state index in [0.29, 0.717) is 17.2 Å². The summed E-state index contributed by atoms with van der Waals surface area (Å²) in [6.07, 6.45) is 0.983. The van der Waals surface area contributed by atoms with Crippen LogP contribution in [0.1, 0.15) is 44.5 Å². The number of aromatic amines is 1. The van der Waals surface area contributed by atoms with Gasteiger partial charge in [-0.3, -0.25) is 0 Å².